The van der Waals surface area contributed by atoms with Crippen LogP contribution in [-0.2, 0) is 21.3 Å². The fourth-order valence-corrected chi connectivity index (χ4v) is 6.55. The first kappa shape index (κ1) is 25.5. The molecule has 11 heteroatoms. The number of thiazole rings is 1. The Morgan fingerprint density at radius 1 is 1.11 bits per heavy atom. The van der Waals surface area contributed by atoms with Gasteiger partial charge in [0.2, 0.25) is 0 Å². The molecule has 0 aliphatic carbocycles. The van der Waals surface area contributed by atoms with Crippen molar-refractivity contribution >= 4 is 54.8 Å². The summed E-state index contributed by atoms with van der Waals surface area (Å²) >= 11 is 7.22. The highest BCUT2D eigenvalue weighted by Gasteiger charge is 2.22. The lowest BCUT2D eigenvalue weighted by molar-refractivity contribution is 0.0858. The van der Waals surface area contributed by atoms with Gasteiger partial charge < -0.3 is 10.1 Å². The fraction of sp³-hybridized carbons (Fsp3) is 0.231. The van der Waals surface area contributed by atoms with Crippen LogP contribution in [0.3, 0.4) is 0 Å². The Morgan fingerprint density at radius 2 is 1.89 bits per heavy atom. The summed E-state index contributed by atoms with van der Waals surface area (Å²) in [5, 5.41) is 3.37. The molecular formula is C26H24ClN3O5S2. The maximum absolute atomic E-state index is 13.3. The van der Waals surface area contributed by atoms with Gasteiger partial charge in [-0.25, -0.2) is 8.42 Å². The molecule has 2 heterocycles. The summed E-state index contributed by atoms with van der Waals surface area (Å²) in [5.41, 5.74) is 1.78. The lowest BCUT2D eigenvalue weighted by atomic mass is 10.1. The molecule has 8 nitrogen and oxygen atoms in total. The Morgan fingerprint density at radius 3 is 2.68 bits per heavy atom. The molecule has 1 unspecified atom stereocenters. The summed E-state index contributed by atoms with van der Waals surface area (Å²) in [6.45, 7) is 1.32. The number of sulfonamides is 1. The van der Waals surface area contributed by atoms with Gasteiger partial charge in [-0.05, 0) is 54.8 Å². The third-order valence-electron chi connectivity index (χ3n) is 6.17. The largest absolute Gasteiger partial charge is 0.376 e. The van der Waals surface area contributed by atoms with E-state index in [0.29, 0.717) is 28.4 Å². The molecule has 0 spiro atoms. The Kier molecular flexibility index (Phi) is 7.34. The van der Waals surface area contributed by atoms with Crippen LogP contribution >= 0.6 is 22.9 Å². The number of aromatic nitrogens is 1. The Bertz CT molecular complexity index is 1620. The number of ether oxygens (including phenoxy) is 1. The molecule has 3 aromatic carbocycles. The first-order chi connectivity index (χ1) is 17.8. The van der Waals surface area contributed by atoms with Crippen LogP contribution in [0.2, 0.25) is 5.02 Å². The number of anilines is 1. The highest BCUT2D eigenvalue weighted by atomic mass is 35.5. The summed E-state index contributed by atoms with van der Waals surface area (Å²) in [7, 11) is -4.04. The monoisotopic (exact) mass is 557 g/mol. The highest BCUT2D eigenvalue weighted by molar-refractivity contribution is 7.92. The number of amides is 1. The van der Waals surface area contributed by atoms with Crippen LogP contribution in [0.25, 0.3) is 10.2 Å². The maximum atomic E-state index is 13.3. The van der Waals surface area contributed by atoms with Gasteiger partial charge in [-0.1, -0.05) is 53.3 Å². The van der Waals surface area contributed by atoms with E-state index in [2.05, 4.69) is 10.0 Å². The van der Waals surface area contributed by atoms with Gasteiger partial charge in [0.1, 0.15) is 0 Å². The van der Waals surface area contributed by atoms with Crippen LogP contribution in [-0.4, -0.2) is 38.1 Å². The quantitative estimate of drug-likeness (QED) is 0.332. The summed E-state index contributed by atoms with van der Waals surface area (Å²) in [6, 6.07) is 18.2. The summed E-state index contributed by atoms with van der Waals surface area (Å²) in [5.74, 6) is -0.390. The third-order valence-corrected chi connectivity index (χ3v) is 8.84. The first-order valence-corrected chi connectivity index (χ1v) is 14.4. The number of hydrogen-bond donors (Lipinski definition) is 2. The molecule has 1 atom stereocenters. The molecule has 192 valence electrons. The number of carbonyl (C=O) groups excluding carboxylic acids is 1. The van der Waals surface area contributed by atoms with Crippen molar-refractivity contribution in [3.05, 3.63) is 92.5 Å². The molecule has 0 radical (unpaired) electrons. The zero-order chi connectivity index (χ0) is 26.0. The zero-order valence-electron chi connectivity index (χ0n) is 19.6. The second-order valence-electron chi connectivity index (χ2n) is 8.67. The van der Waals surface area contributed by atoms with E-state index in [9.17, 15) is 18.0 Å². The van der Waals surface area contributed by atoms with E-state index < -0.39 is 10.0 Å². The predicted octanol–water partition coefficient (Wildman–Crippen LogP) is 4.47. The van der Waals surface area contributed by atoms with Gasteiger partial charge in [-0.3, -0.25) is 18.9 Å². The molecule has 1 fully saturated rings. The number of nitrogens with one attached hydrogen (secondary N) is 2. The molecule has 2 N–H and O–H groups in total. The van der Waals surface area contributed by atoms with E-state index >= 15 is 0 Å². The third kappa shape index (κ3) is 5.57. The minimum atomic E-state index is -4.04. The van der Waals surface area contributed by atoms with Crippen molar-refractivity contribution in [2.45, 2.75) is 30.4 Å². The van der Waals surface area contributed by atoms with Crippen molar-refractivity contribution < 1.29 is 17.9 Å². The van der Waals surface area contributed by atoms with Crippen molar-refractivity contribution in [1.82, 2.24) is 9.88 Å². The average Bonchev–Trinajstić information content (AvgIpc) is 3.51. The normalized spacial score (nSPS) is 15.6. The molecule has 1 amide bonds. The Labute approximate surface area is 222 Å². The van der Waals surface area contributed by atoms with Crippen LogP contribution in [0, 0.1) is 0 Å². The van der Waals surface area contributed by atoms with Crippen LogP contribution < -0.4 is 14.9 Å². The van der Waals surface area contributed by atoms with Gasteiger partial charge in [0.05, 0.1) is 39.0 Å². The van der Waals surface area contributed by atoms with Crippen molar-refractivity contribution in [3.8, 4) is 0 Å². The first-order valence-electron chi connectivity index (χ1n) is 11.7. The van der Waals surface area contributed by atoms with E-state index in [1.807, 2.05) is 18.2 Å². The number of para-hydroxylation sites is 1. The highest BCUT2D eigenvalue weighted by Crippen LogP contribution is 2.26. The van der Waals surface area contributed by atoms with E-state index in [-0.39, 0.29) is 39.6 Å². The van der Waals surface area contributed by atoms with Gasteiger partial charge >= 0.3 is 4.87 Å². The molecular weight excluding hydrogens is 534 g/mol. The second-order valence-corrected chi connectivity index (χ2v) is 11.8. The number of halogens is 1. The minimum Gasteiger partial charge on any atom is -0.376 e. The van der Waals surface area contributed by atoms with E-state index in [4.69, 9.17) is 16.3 Å². The van der Waals surface area contributed by atoms with Crippen LogP contribution in [0.15, 0.2) is 76.4 Å². The Balaban J connectivity index is 1.38. The minimum absolute atomic E-state index is 0.0132. The lowest BCUT2D eigenvalue weighted by Gasteiger charge is -2.14. The van der Waals surface area contributed by atoms with Gasteiger partial charge in [0, 0.05) is 18.2 Å². The van der Waals surface area contributed by atoms with Gasteiger partial charge in [0.25, 0.3) is 15.9 Å². The molecule has 5 rings (SSSR count). The standard InChI is InChI=1S/C26H24ClN3O5S2/c27-21-9-3-1-6-17(21)16-30-23-12-11-19(14-24(23)36-26(30)32)37(33,34)29-22-10-4-2-8-20(22)25(31)28-15-18-7-5-13-35-18/h1-4,6,8-12,14,18,29H,5,7,13,15-16H2,(H,28,31). The smallest absolute Gasteiger partial charge is 0.308 e. The number of fused-ring (bicyclic) bond motifs is 1. The Hall–Kier alpha value is -3.18. The topological polar surface area (TPSA) is 106 Å². The number of benzene rings is 3. The number of carbonyl (C=O) groups is 1. The fourth-order valence-electron chi connectivity index (χ4n) is 4.24. The molecule has 1 saturated heterocycles. The van der Waals surface area contributed by atoms with Gasteiger partial charge in [0.15, 0.2) is 0 Å². The molecule has 0 saturated carbocycles. The van der Waals surface area contributed by atoms with Gasteiger partial charge in [-0.2, -0.15) is 0 Å². The maximum Gasteiger partial charge on any atom is 0.308 e. The molecule has 1 aromatic heterocycles. The molecule has 37 heavy (non-hydrogen) atoms. The molecule has 0 bridgehead atoms. The SMILES string of the molecule is O=C(NCC1CCCO1)c1ccccc1NS(=O)(=O)c1ccc2c(c1)sc(=O)n2Cc1ccccc1Cl. The van der Waals surface area contributed by atoms with Crippen molar-refractivity contribution in [1.29, 1.82) is 0 Å². The summed E-state index contributed by atoms with van der Waals surface area (Å²) in [4.78, 5) is 25.3. The zero-order valence-corrected chi connectivity index (χ0v) is 22.0. The summed E-state index contributed by atoms with van der Waals surface area (Å²) in [6.07, 6.45) is 1.81. The molecule has 1 aliphatic rings. The molecule has 4 aromatic rings. The van der Waals surface area contributed by atoms with Crippen molar-refractivity contribution in [2.75, 3.05) is 17.9 Å². The second kappa shape index (κ2) is 10.7. The summed E-state index contributed by atoms with van der Waals surface area (Å²) < 4.78 is 36.7. The van der Waals surface area contributed by atoms with Crippen LogP contribution in [0.1, 0.15) is 28.8 Å². The van der Waals surface area contributed by atoms with Crippen LogP contribution in [0.4, 0.5) is 5.69 Å². The number of rotatable bonds is 8. The number of nitrogens with zero attached hydrogens (tertiary/aromatic N) is 1. The van der Waals surface area contributed by atoms with E-state index in [1.165, 1.54) is 18.2 Å². The van der Waals surface area contributed by atoms with Crippen molar-refractivity contribution in [2.24, 2.45) is 0 Å². The van der Waals surface area contributed by atoms with Crippen LogP contribution in [0.5, 0.6) is 0 Å². The number of hydrogen-bond acceptors (Lipinski definition) is 6. The predicted molar refractivity (Wildman–Crippen MR) is 145 cm³/mol. The van der Waals surface area contributed by atoms with Gasteiger partial charge in [-0.15, -0.1) is 0 Å². The van der Waals surface area contributed by atoms with E-state index in [1.54, 1.807) is 34.9 Å². The average molecular weight is 558 g/mol. The molecule has 1 aliphatic heterocycles. The van der Waals surface area contributed by atoms with E-state index in [0.717, 1.165) is 29.7 Å². The lowest BCUT2D eigenvalue weighted by Crippen LogP contribution is -2.32. The van der Waals surface area contributed by atoms with Crippen molar-refractivity contribution in [3.63, 3.8) is 0 Å².